The van der Waals surface area contributed by atoms with Gasteiger partial charge in [0.15, 0.2) is 11.6 Å². The molecule has 0 saturated heterocycles. The fraction of sp³-hybridized carbons (Fsp3) is 0.588. The van der Waals surface area contributed by atoms with Crippen molar-refractivity contribution in [1.29, 1.82) is 0 Å². The maximum Gasteiger partial charge on any atom is 0.317 e. The van der Waals surface area contributed by atoms with E-state index in [1.807, 2.05) is 0 Å². The summed E-state index contributed by atoms with van der Waals surface area (Å²) in [5.41, 5.74) is -2.34. The van der Waals surface area contributed by atoms with Crippen molar-refractivity contribution in [2.75, 3.05) is 0 Å². The van der Waals surface area contributed by atoms with Crippen molar-refractivity contribution < 1.29 is 45.2 Å². The minimum atomic E-state index is -5.85. The first-order chi connectivity index (χ1) is 12.9. The molecule has 2 atom stereocenters. The molecule has 6 nitrogen and oxygen atoms in total. The maximum atomic E-state index is 14.1. The highest BCUT2D eigenvalue weighted by atomic mass is 32.2. The van der Waals surface area contributed by atoms with Crippen molar-refractivity contribution in [2.45, 2.75) is 49.0 Å². The molecule has 28 heavy (non-hydrogen) atoms. The first-order valence-electron chi connectivity index (χ1n) is 8.62. The average Bonchev–Trinajstić information content (AvgIpc) is 2.53. The number of benzene rings is 1. The predicted molar refractivity (Wildman–Crippen MR) is 81.9 cm³/mol. The van der Waals surface area contributed by atoms with E-state index in [2.05, 4.69) is 4.74 Å². The molecule has 1 aromatic rings. The van der Waals surface area contributed by atoms with Gasteiger partial charge in [-0.05, 0) is 50.4 Å². The molecule has 0 amide bonds. The van der Waals surface area contributed by atoms with Crippen LogP contribution in [0, 0.1) is 40.5 Å². The van der Waals surface area contributed by atoms with Gasteiger partial charge in [0.05, 0.1) is 11.0 Å². The van der Waals surface area contributed by atoms with Crippen LogP contribution in [0.25, 0.3) is 0 Å². The number of esters is 1. The van der Waals surface area contributed by atoms with Crippen LogP contribution >= 0.6 is 0 Å². The van der Waals surface area contributed by atoms with Crippen LogP contribution in [0.2, 0.25) is 0 Å². The highest BCUT2D eigenvalue weighted by Crippen LogP contribution is 2.62. The highest BCUT2D eigenvalue weighted by molar-refractivity contribution is 7.85. The van der Waals surface area contributed by atoms with E-state index in [-0.39, 0.29) is 18.3 Å². The van der Waals surface area contributed by atoms with Crippen LogP contribution in [0.3, 0.4) is 0 Å². The quantitative estimate of drug-likeness (QED) is 0.263. The van der Waals surface area contributed by atoms with E-state index >= 15 is 0 Å². The normalized spacial score (nSPS) is 33.9. The van der Waals surface area contributed by atoms with Crippen molar-refractivity contribution in [3.8, 4) is 5.75 Å². The molecule has 4 aliphatic carbocycles. The van der Waals surface area contributed by atoms with Gasteiger partial charge in [0.25, 0.3) is 0 Å². The lowest BCUT2D eigenvalue weighted by atomic mass is 9.48. The second kappa shape index (κ2) is 5.90. The molecule has 11 heteroatoms. The Hall–Kier alpha value is -1.72. The number of aliphatic hydroxyl groups is 1. The molecule has 0 aromatic heterocycles. The third-order valence-corrected chi connectivity index (χ3v) is 6.95. The molecule has 0 aliphatic heterocycles. The Labute approximate surface area is 157 Å². The van der Waals surface area contributed by atoms with E-state index in [9.17, 15) is 40.4 Å². The molecular formula is C17H15F4O6S-. The minimum absolute atomic E-state index is 0.00700. The molecule has 2 unspecified atom stereocenters. The summed E-state index contributed by atoms with van der Waals surface area (Å²) in [4.78, 5) is 10.4. The van der Waals surface area contributed by atoms with Crippen LogP contribution in [0.15, 0.2) is 4.90 Å². The van der Waals surface area contributed by atoms with Crippen molar-refractivity contribution in [1.82, 2.24) is 0 Å². The van der Waals surface area contributed by atoms with E-state index in [4.69, 9.17) is 0 Å². The van der Waals surface area contributed by atoms with Gasteiger partial charge in [0, 0.05) is 0 Å². The van der Waals surface area contributed by atoms with E-state index in [0.717, 1.165) is 6.42 Å². The zero-order chi connectivity index (χ0) is 20.6. The smallest absolute Gasteiger partial charge is 0.317 e. The van der Waals surface area contributed by atoms with Gasteiger partial charge in [-0.3, -0.25) is 4.79 Å². The van der Waals surface area contributed by atoms with Crippen molar-refractivity contribution in [2.24, 2.45) is 17.3 Å². The van der Waals surface area contributed by atoms with Crippen molar-refractivity contribution in [3.63, 3.8) is 0 Å². The molecule has 4 bridgehead atoms. The minimum Gasteiger partial charge on any atom is -0.744 e. The van der Waals surface area contributed by atoms with E-state index < -0.39 is 61.0 Å². The SMILES string of the molecule is O=C(Oc1c(F)c(F)c(S(=O)(=O)[O-])c(F)c1F)C12CC3CC(CC(O)(C3)C1)C2. The second-order valence-electron chi connectivity index (χ2n) is 8.22. The number of carbonyl (C=O) groups excluding carboxylic acids is 1. The predicted octanol–water partition coefficient (Wildman–Crippen LogP) is 2.38. The Morgan fingerprint density at radius 2 is 1.50 bits per heavy atom. The lowest BCUT2D eigenvalue weighted by Crippen LogP contribution is -2.59. The Balaban J connectivity index is 1.72. The number of hydrogen-bond acceptors (Lipinski definition) is 6. The van der Waals surface area contributed by atoms with Gasteiger partial charge in [-0.15, -0.1) is 0 Å². The van der Waals surface area contributed by atoms with E-state index in [1.165, 1.54) is 0 Å². The summed E-state index contributed by atoms with van der Waals surface area (Å²) in [6, 6.07) is 0. The van der Waals surface area contributed by atoms with Gasteiger partial charge >= 0.3 is 5.97 Å². The Bertz CT molecular complexity index is 949. The Morgan fingerprint density at radius 1 is 1.00 bits per heavy atom. The first-order valence-corrected chi connectivity index (χ1v) is 10.0. The fourth-order valence-electron chi connectivity index (χ4n) is 5.55. The van der Waals surface area contributed by atoms with Crippen molar-refractivity contribution in [3.05, 3.63) is 23.3 Å². The summed E-state index contributed by atoms with van der Waals surface area (Å²) in [6.45, 7) is 0. The summed E-state index contributed by atoms with van der Waals surface area (Å²) >= 11 is 0. The molecule has 4 aliphatic rings. The summed E-state index contributed by atoms with van der Waals surface area (Å²) in [6.07, 6.45) is 2.44. The molecule has 154 valence electrons. The van der Waals surface area contributed by atoms with Gasteiger partial charge in [0.2, 0.25) is 17.4 Å². The highest BCUT2D eigenvalue weighted by Gasteiger charge is 2.61. The molecule has 1 N–H and O–H groups in total. The summed E-state index contributed by atoms with van der Waals surface area (Å²) in [5, 5.41) is 10.6. The number of ether oxygens (including phenoxy) is 1. The first kappa shape index (κ1) is 19.6. The molecule has 4 fully saturated rings. The zero-order valence-corrected chi connectivity index (χ0v) is 15.1. The second-order valence-corrected chi connectivity index (χ2v) is 9.54. The molecule has 0 heterocycles. The topological polar surface area (TPSA) is 104 Å². The number of carbonyl (C=O) groups is 1. The van der Waals surface area contributed by atoms with Crippen molar-refractivity contribution >= 4 is 16.1 Å². The molecule has 0 radical (unpaired) electrons. The third kappa shape index (κ3) is 2.82. The molecule has 0 spiro atoms. The van der Waals surface area contributed by atoms with Gasteiger partial charge in [0.1, 0.15) is 15.0 Å². The Morgan fingerprint density at radius 3 is 1.93 bits per heavy atom. The summed E-state index contributed by atoms with van der Waals surface area (Å²) in [5.74, 6) is -12.3. The van der Waals surface area contributed by atoms with Gasteiger partial charge in [-0.25, -0.2) is 17.2 Å². The monoisotopic (exact) mass is 423 g/mol. The van der Waals surface area contributed by atoms with Crippen LogP contribution in [-0.4, -0.2) is 29.6 Å². The Kier molecular flexibility index (Phi) is 4.12. The van der Waals surface area contributed by atoms with Gasteiger partial charge in [-0.2, -0.15) is 8.78 Å². The third-order valence-electron chi connectivity index (χ3n) is 6.09. The molecule has 5 rings (SSSR count). The van der Waals surface area contributed by atoms with E-state index in [0.29, 0.717) is 25.7 Å². The lowest BCUT2D eigenvalue weighted by Gasteiger charge is -2.58. The van der Waals surface area contributed by atoms with Gasteiger partial charge < -0.3 is 14.4 Å². The zero-order valence-electron chi connectivity index (χ0n) is 14.3. The molecular weight excluding hydrogens is 408 g/mol. The average molecular weight is 423 g/mol. The summed E-state index contributed by atoms with van der Waals surface area (Å²) in [7, 11) is -5.85. The molecule has 1 aromatic carbocycles. The maximum absolute atomic E-state index is 14.1. The summed E-state index contributed by atoms with van der Waals surface area (Å²) < 4.78 is 93.3. The van der Waals surface area contributed by atoms with Crippen LogP contribution in [0.5, 0.6) is 5.75 Å². The standard InChI is InChI=1S/C17H16F4O6S/c18-9-11(20)14(28(24,25)26)12(21)10(19)13(9)27-15(22)16-2-7-1-8(3-16)5-17(23,4-7)6-16/h7-8,23H,1-6H2,(H,24,25,26)/p-1. The van der Waals surface area contributed by atoms with Crippen LogP contribution in [0.4, 0.5) is 17.6 Å². The molecule has 4 saturated carbocycles. The number of rotatable bonds is 3. The fourth-order valence-corrected chi connectivity index (χ4v) is 6.17. The lowest BCUT2D eigenvalue weighted by molar-refractivity contribution is -0.189. The van der Waals surface area contributed by atoms with Gasteiger partial charge in [-0.1, -0.05) is 0 Å². The number of hydrogen-bond donors (Lipinski definition) is 1. The van der Waals surface area contributed by atoms with Crippen LogP contribution < -0.4 is 4.74 Å². The largest absolute Gasteiger partial charge is 0.744 e. The van der Waals surface area contributed by atoms with Crippen LogP contribution in [0.1, 0.15) is 38.5 Å². The van der Waals surface area contributed by atoms with Crippen LogP contribution in [-0.2, 0) is 14.9 Å². The number of halogens is 4. The van der Waals surface area contributed by atoms with E-state index in [1.54, 1.807) is 0 Å².